The first-order valence-electron chi connectivity index (χ1n) is 9.92. The maximum absolute atomic E-state index is 12.8. The van der Waals surface area contributed by atoms with E-state index in [1.165, 1.54) is 6.07 Å². The van der Waals surface area contributed by atoms with E-state index in [9.17, 15) is 14.9 Å². The van der Waals surface area contributed by atoms with Gasteiger partial charge < -0.3 is 14.8 Å². The summed E-state index contributed by atoms with van der Waals surface area (Å²) in [5.74, 6) is 0.287. The number of carbonyl (C=O) groups is 1. The predicted octanol–water partition coefficient (Wildman–Crippen LogP) is 5.27. The molecule has 0 aliphatic heterocycles. The predicted molar refractivity (Wildman–Crippen MR) is 118 cm³/mol. The van der Waals surface area contributed by atoms with Crippen molar-refractivity contribution in [3.05, 3.63) is 99.1 Å². The van der Waals surface area contributed by atoms with Crippen molar-refractivity contribution >= 4 is 17.3 Å². The van der Waals surface area contributed by atoms with Crippen molar-refractivity contribution in [3.63, 3.8) is 0 Å². The molecule has 0 aliphatic carbocycles. The molecular formula is C24H24N2O5. The van der Waals surface area contributed by atoms with Gasteiger partial charge >= 0.3 is 0 Å². The standard InChI is InChI=1S/C24H24N2O5/c1-3-31-23-13-12-19(14-20(23)16-30-15-18-8-5-4-6-9-18)24(27)25-21-10-7-11-22(17(21)2)26(28)29/h4-14H,3,15-16H2,1-2H3,(H,25,27). The van der Waals surface area contributed by atoms with E-state index in [1.54, 1.807) is 37.3 Å². The summed E-state index contributed by atoms with van der Waals surface area (Å²) < 4.78 is 11.5. The summed E-state index contributed by atoms with van der Waals surface area (Å²) in [5, 5.41) is 13.9. The van der Waals surface area contributed by atoms with Gasteiger partial charge in [0.2, 0.25) is 0 Å². The highest BCUT2D eigenvalue weighted by Crippen LogP contribution is 2.27. The van der Waals surface area contributed by atoms with E-state index in [2.05, 4.69) is 5.32 Å². The summed E-state index contributed by atoms with van der Waals surface area (Å²) >= 11 is 0. The number of nitro groups is 1. The lowest BCUT2D eigenvalue weighted by Crippen LogP contribution is -2.14. The summed E-state index contributed by atoms with van der Waals surface area (Å²) in [6.07, 6.45) is 0. The summed E-state index contributed by atoms with van der Waals surface area (Å²) in [6, 6.07) is 19.5. The summed E-state index contributed by atoms with van der Waals surface area (Å²) in [7, 11) is 0. The molecule has 0 fully saturated rings. The number of nitrogens with one attached hydrogen (secondary N) is 1. The minimum absolute atomic E-state index is 0.0421. The molecule has 160 valence electrons. The monoisotopic (exact) mass is 420 g/mol. The van der Waals surface area contributed by atoms with Crippen LogP contribution in [-0.4, -0.2) is 17.4 Å². The molecule has 1 N–H and O–H groups in total. The highest BCUT2D eigenvalue weighted by molar-refractivity contribution is 6.05. The van der Waals surface area contributed by atoms with E-state index >= 15 is 0 Å². The fraction of sp³-hybridized carbons (Fsp3) is 0.208. The second-order valence-electron chi connectivity index (χ2n) is 6.89. The Bertz CT molecular complexity index is 1070. The molecule has 7 heteroatoms. The fourth-order valence-corrected chi connectivity index (χ4v) is 3.13. The van der Waals surface area contributed by atoms with Gasteiger partial charge in [-0.15, -0.1) is 0 Å². The number of ether oxygens (including phenoxy) is 2. The van der Waals surface area contributed by atoms with Crippen molar-refractivity contribution in [1.29, 1.82) is 0 Å². The number of anilines is 1. The second-order valence-corrected chi connectivity index (χ2v) is 6.89. The number of hydrogen-bond acceptors (Lipinski definition) is 5. The first-order valence-corrected chi connectivity index (χ1v) is 9.92. The maximum atomic E-state index is 12.8. The van der Waals surface area contributed by atoms with E-state index in [-0.39, 0.29) is 18.2 Å². The Hall–Kier alpha value is -3.71. The van der Waals surface area contributed by atoms with Crippen molar-refractivity contribution in [2.24, 2.45) is 0 Å². The third-order valence-corrected chi connectivity index (χ3v) is 4.74. The van der Waals surface area contributed by atoms with Crippen molar-refractivity contribution < 1.29 is 19.2 Å². The molecule has 0 bridgehead atoms. The molecule has 7 nitrogen and oxygen atoms in total. The molecule has 0 heterocycles. The van der Waals surface area contributed by atoms with Crippen LogP contribution in [0, 0.1) is 17.0 Å². The topological polar surface area (TPSA) is 90.7 Å². The molecule has 3 aromatic carbocycles. The lowest BCUT2D eigenvalue weighted by molar-refractivity contribution is -0.385. The lowest BCUT2D eigenvalue weighted by Gasteiger charge is -2.14. The van der Waals surface area contributed by atoms with Crippen LogP contribution in [-0.2, 0) is 18.0 Å². The Morgan fingerprint density at radius 2 is 1.81 bits per heavy atom. The molecule has 0 saturated heterocycles. The molecule has 0 atom stereocenters. The van der Waals surface area contributed by atoms with Crippen LogP contribution < -0.4 is 10.1 Å². The van der Waals surface area contributed by atoms with Crippen LogP contribution in [0.3, 0.4) is 0 Å². The van der Waals surface area contributed by atoms with Gasteiger partial charge in [0.25, 0.3) is 11.6 Å². The molecule has 31 heavy (non-hydrogen) atoms. The normalized spacial score (nSPS) is 10.5. The first-order chi connectivity index (χ1) is 15.0. The number of amides is 1. The van der Waals surface area contributed by atoms with Crippen LogP contribution >= 0.6 is 0 Å². The van der Waals surface area contributed by atoms with Gasteiger partial charge in [-0.05, 0) is 43.7 Å². The molecule has 0 aliphatic rings. The van der Waals surface area contributed by atoms with Crippen LogP contribution in [0.1, 0.15) is 34.0 Å². The molecule has 0 saturated carbocycles. The van der Waals surface area contributed by atoms with E-state index in [1.807, 2.05) is 37.3 Å². The number of benzene rings is 3. The summed E-state index contributed by atoms with van der Waals surface area (Å²) in [5.41, 5.74) is 2.97. The minimum Gasteiger partial charge on any atom is -0.494 e. The Morgan fingerprint density at radius 3 is 2.52 bits per heavy atom. The Balaban J connectivity index is 1.76. The lowest BCUT2D eigenvalue weighted by atomic mass is 10.1. The van der Waals surface area contributed by atoms with E-state index in [0.29, 0.717) is 35.8 Å². The average Bonchev–Trinajstić information content (AvgIpc) is 2.77. The van der Waals surface area contributed by atoms with Crippen LogP contribution in [0.2, 0.25) is 0 Å². The third-order valence-electron chi connectivity index (χ3n) is 4.74. The summed E-state index contributed by atoms with van der Waals surface area (Å²) in [6.45, 7) is 4.70. The van der Waals surface area contributed by atoms with E-state index in [0.717, 1.165) is 11.1 Å². The van der Waals surface area contributed by atoms with Gasteiger partial charge in [-0.3, -0.25) is 14.9 Å². The average molecular weight is 420 g/mol. The minimum atomic E-state index is -0.468. The van der Waals surface area contributed by atoms with Crippen LogP contribution in [0.4, 0.5) is 11.4 Å². The van der Waals surface area contributed by atoms with Gasteiger partial charge in [-0.1, -0.05) is 36.4 Å². The Kier molecular flexibility index (Phi) is 7.35. The van der Waals surface area contributed by atoms with Crippen LogP contribution in [0.15, 0.2) is 66.7 Å². The fourth-order valence-electron chi connectivity index (χ4n) is 3.13. The van der Waals surface area contributed by atoms with Gasteiger partial charge in [0.05, 0.1) is 36.0 Å². The molecule has 0 unspecified atom stereocenters. The smallest absolute Gasteiger partial charge is 0.274 e. The quantitative estimate of drug-likeness (QED) is 0.376. The number of nitrogens with zero attached hydrogens (tertiary/aromatic N) is 1. The van der Waals surface area contributed by atoms with Crippen molar-refractivity contribution in [1.82, 2.24) is 0 Å². The molecule has 0 radical (unpaired) electrons. The molecule has 3 rings (SSSR count). The highest BCUT2D eigenvalue weighted by Gasteiger charge is 2.16. The second kappa shape index (κ2) is 10.4. The summed E-state index contributed by atoms with van der Waals surface area (Å²) in [4.78, 5) is 23.5. The first kappa shape index (κ1) is 22.0. The number of carbonyl (C=O) groups excluding carboxylic acids is 1. The van der Waals surface area contributed by atoms with Gasteiger partial charge in [0.1, 0.15) is 5.75 Å². The zero-order chi connectivity index (χ0) is 22.2. The van der Waals surface area contributed by atoms with Crippen LogP contribution in [0.25, 0.3) is 0 Å². The van der Waals surface area contributed by atoms with Gasteiger partial charge in [-0.25, -0.2) is 0 Å². The highest BCUT2D eigenvalue weighted by atomic mass is 16.6. The Morgan fingerprint density at radius 1 is 1.03 bits per heavy atom. The van der Waals surface area contributed by atoms with E-state index < -0.39 is 4.92 Å². The zero-order valence-corrected chi connectivity index (χ0v) is 17.5. The number of hydrogen-bond donors (Lipinski definition) is 1. The maximum Gasteiger partial charge on any atom is 0.274 e. The SMILES string of the molecule is CCOc1ccc(C(=O)Nc2cccc([N+](=O)[O-])c2C)cc1COCc1ccccc1. The zero-order valence-electron chi connectivity index (χ0n) is 17.5. The molecule has 0 aromatic heterocycles. The largest absolute Gasteiger partial charge is 0.494 e. The number of nitro benzene ring substituents is 1. The third kappa shape index (κ3) is 5.67. The van der Waals surface area contributed by atoms with Gasteiger partial charge in [0, 0.05) is 17.2 Å². The van der Waals surface area contributed by atoms with Crippen molar-refractivity contribution in [2.75, 3.05) is 11.9 Å². The molecule has 0 spiro atoms. The van der Waals surface area contributed by atoms with Gasteiger partial charge in [0.15, 0.2) is 0 Å². The van der Waals surface area contributed by atoms with Gasteiger partial charge in [-0.2, -0.15) is 0 Å². The Labute approximate surface area is 180 Å². The molecule has 1 amide bonds. The molecular weight excluding hydrogens is 396 g/mol. The van der Waals surface area contributed by atoms with Crippen LogP contribution in [0.5, 0.6) is 5.75 Å². The van der Waals surface area contributed by atoms with Crippen molar-refractivity contribution in [3.8, 4) is 5.75 Å². The molecule has 3 aromatic rings. The number of rotatable bonds is 9. The van der Waals surface area contributed by atoms with E-state index in [4.69, 9.17) is 9.47 Å². The van der Waals surface area contributed by atoms with Crippen molar-refractivity contribution in [2.45, 2.75) is 27.1 Å².